The van der Waals surface area contributed by atoms with Crippen LogP contribution in [0.5, 0.6) is 0 Å². The number of hydrogen-bond donors (Lipinski definition) is 1. The van der Waals surface area contributed by atoms with Crippen LogP contribution in [0.15, 0.2) is 0 Å². The third-order valence-corrected chi connectivity index (χ3v) is 5.21. The van der Waals surface area contributed by atoms with Crippen LogP contribution in [0.1, 0.15) is 39.5 Å². The molecule has 2 aliphatic heterocycles. The first-order valence-electron chi connectivity index (χ1n) is 7.32. The minimum atomic E-state index is 0.829. The molecule has 2 nitrogen and oxygen atoms in total. The van der Waals surface area contributed by atoms with E-state index in [9.17, 15) is 0 Å². The van der Waals surface area contributed by atoms with Crippen molar-refractivity contribution in [1.29, 1.82) is 0 Å². The lowest BCUT2D eigenvalue weighted by atomic mass is 9.94. The van der Waals surface area contributed by atoms with Crippen LogP contribution in [0.25, 0.3) is 0 Å². The highest BCUT2D eigenvalue weighted by Crippen LogP contribution is 2.25. The summed E-state index contributed by atoms with van der Waals surface area (Å²) in [5.41, 5.74) is 0. The van der Waals surface area contributed by atoms with Gasteiger partial charge in [-0.05, 0) is 51.2 Å². The first-order valence-corrected chi connectivity index (χ1v) is 8.27. The Morgan fingerprint density at radius 2 is 2.00 bits per heavy atom. The van der Waals surface area contributed by atoms with Gasteiger partial charge in [-0.25, -0.2) is 0 Å². The second-order valence-electron chi connectivity index (χ2n) is 5.87. The van der Waals surface area contributed by atoms with Crippen LogP contribution < -0.4 is 5.32 Å². The van der Waals surface area contributed by atoms with E-state index >= 15 is 0 Å². The maximum absolute atomic E-state index is 3.52. The van der Waals surface area contributed by atoms with Crippen LogP contribution in [0.2, 0.25) is 0 Å². The Bertz CT molecular complexity index is 206. The average molecular weight is 256 g/mol. The SMILES string of the molecule is CC1CN(CCCC2CCCNC2)CC(C)S1. The van der Waals surface area contributed by atoms with Crippen molar-refractivity contribution in [1.82, 2.24) is 10.2 Å². The molecule has 3 heteroatoms. The van der Waals surface area contributed by atoms with Gasteiger partial charge in [-0.15, -0.1) is 0 Å². The first kappa shape index (κ1) is 13.7. The van der Waals surface area contributed by atoms with Crippen molar-refractivity contribution in [2.45, 2.75) is 50.0 Å². The smallest absolute Gasteiger partial charge is 0.0149 e. The second kappa shape index (κ2) is 7.01. The van der Waals surface area contributed by atoms with Crippen LogP contribution in [0, 0.1) is 5.92 Å². The van der Waals surface area contributed by atoms with Crippen molar-refractivity contribution in [2.24, 2.45) is 5.92 Å². The van der Waals surface area contributed by atoms with Crippen LogP contribution in [0.3, 0.4) is 0 Å². The lowest BCUT2D eigenvalue weighted by molar-refractivity contribution is 0.250. The lowest BCUT2D eigenvalue weighted by Crippen LogP contribution is -2.41. The van der Waals surface area contributed by atoms with Gasteiger partial charge in [0, 0.05) is 23.6 Å². The van der Waals surface area contributed by atoms with E-state index in [0.29, 0.717) is 0 Å². The van der Waals surface area contributed by atoms with Crippen molar-refractivity contribution in [3.8, 4) is 0 Å². The Balaban J connectivity index is 1.60. The quantitative estimate of drug-likeness (QED) is 0.832. The summed E-state index contributed by atoms with van der Waals surface area (Å²) in [4.78, 5) is 2.68. The predicted octanol–water partition coefficient (Wildman–Crippen LogP) is 2.59. The Morgan fingerprint density at radius 3 is 2.65 bits per heavy atom. The Kier molecular flexibility index (Phi) is 5.64. The zero-order valence-electron chi connectivity index (χ0n) is 11.5. The molecular formula is C14H28N2S. The van der Waals surface area contributed by atoms with Crippen molar-refractivity contribution < 1.29 is 0 Å². The molecule has 0 aliphatic carbocycles. The molecule has 2 fully saturated rings. The molecule has 0 aromatic carbocycles. The monoisotopic (exact) mass is 256 g/mol. The first-order chi connectivity index (χ1) is 8.24. The number of hydrogen-bond acceptors (Lipinski definition) is 3. The molecule has 0 saturated carbocycles. The number of thioether (sulfide) groups is 1. The van der Waals surface area contributed by atoms with E-state index in [0.717, 1.165) is 16.4 Å². The van der Waals surface area contributed by atoms with Gasteiger partial charge in [-0.3, -0.25) is 0 Å². The maximum atomic E-state index is 3.52. The van der Waals surface area contributed by atoms with Crippen LogP contribution in [0.4, 0.5) is 0 Å². The number of rotatable bonds is 4. The minimum absolute atomic E-state index is 0.829. The second-order valence-corrected chi connectivity index (χ2v) is 7.75. The molecule has 2 saturated heterocycles. The average Bonchev–Trinajstić information content (AvgIpc) is 2.29. The van der Waals surface area contributed by atoms with Gasteiger partial charge in [0.2, 0.25) is 0 Å². The number of piperidine rings is 1. The molecule has 0 amide bonds. The molecule has 0 bridgehead atoms. The van der Waals surface area contributed by atoms with Gasteiger partial charge < -0.3 is 10.2 Å². The molecule has 3 unspecified atom stereocenters. The van der Waals surface area contributed by atoms with E-state index < -0.39 is 0 Å². The molecule has 2 rings (SSSR count). The summed E-state index contributed by atoms with van der Waals surface area (Å²) in [6.07, 6.45) is 5.67. The fourth-order valence-corrected chi connectivity index (χ4v) is 4.63. The van der Waals surface area contributed by atoms with Gasteiger partial charge >= 0.3 is 0 Å². The van der Waals surface area contributed by atoms with Gasteiger partial charge in [-0.1, -0.05) is 13.8 Å². The summed E-state index contributed by atoms with van der Waals surface area (Å²) in [6.45, 7) is 11.2. The maximum Gasteiger partial charge on any atom is 0.0149 e. The van der Waals surface area contributed by atoms with Gasteiger partial charge in [0.25, 0.3) is 0 Å². The van der Waals surface area contributed by atoms with Crippen molar-refractivity contribution in [2.75, 3.05) is 32.7 Å². The fourth-order valence-electron chi connectivity index (χ4n) is 3.24. The van der Waals surface area contributed by atoms with Crippen LogP contribution in [-0.4, -0.2) is 48.1 Å². The zero-order valence-corrected chi connectivity index (χ0v) is 12.3. The highest BCUT2D eigenvalue weighted by atomic mass is 32.2. The topological polar surface area (TPSA) is 15.3 Å². The fraction of sp³-hybridized carbons (Fsp3) is 1.00. The molecule has 100 valence electrons. The van der Waals surface area contributed by atoms with Gasteiger partial charge in [0.1, 0.15) is 0 Å². The van der Waals surface area contributed by atoms with Crippen LogP contribution >= 0.6 is 11.8 Å². The summed E-state index contributed by atoms with van der Waals surface area (Å²) < 4.78 is 0. The Labute approximate surface area is 111 Å². The highest BCUT2D eigenvalue weighted by Gasteiger charge is 2.22. The molecule has 0 radical (unpaired) electrons. The molecule has 0 aromatic heterocycles. The van der Waals surface area contributed by atoms with Crippen LogP contribution in [-0.2, 0) is 0 Å². The largest absolute Gasteiger partial charge is 0.316 e. The van der Waals surface area contributed by atoms with Gasteiger partial charge in [0.05, 0.1) is 0 Å². The molecule has 0 spiro atoms. The summed E-state index contributed by atoms with van der Waals surface area (Å²) >= 11 is 2.15. The van der Waals surface area contributed by atoms with Gasteiger partial charge in [0.15, 0.2) is 0 Å². The summed E-state index contributed by atoms with van der Waals surface area (Å²) in [5, 5.41) is 5.18. The third-order valence-electron chi connectivity index (χ3n) is 3.98. The molecular weight excluding hydrogens is 228 g/mol. The Morgan fingerprint density at radius 1 is 1.24 bits per heavy atom. The van der Waals surface area contributed by atoms with E-state index in [4.69, 9.17) is 0 Å². The summed E-state index contributed by atoms with van der Waals surface area (Å²) in [6, 6.07) is 0. The van der Waals surface area contributed by atoms with Crippen molar-refractivity contribution >= 4 is 11.8 Å². The number of nitrogens with zero attached hydrogens (tertiary/aromatic N) is 1. The molecule has 1 N–H and O–H groups in total. The lowest BCUT2D eigenvalue weighted by Gasteiger charge is -2.35. The molecule has 0 aromatic rings. The van der Waals surface area contributed by atoms with Crippen molar-refractivity contribution in [3.63, 3.8) is 0 Å². The summed E-state index contributed by atoms with van der Waals surface area (Å²) in [7, 11) is 0. The minimum Gasteiger partial charge on any atom is -0.316 e. The van der Waals surface area contributed by atoms with E-state index in [1.165, 1.54) is 58.4 Å². The van der Waals surface area contributed by atoms with E-state index in [1.54, 1.807) is 0 Å². The van der Waals surface area contributed by atoms with E-state index in [-0.39, 0.29) is 0 Å². The van der Waals surface area contributed by atoms with Gasteiger partial charge in [-0.2, -0.15) is 11.8 Å². The molecule has 2 aliphatic rings. The summed E-state index contributed by atoms with van der Waals surface area (Å²) in [5.74, 6) is 0.956. The normalized spacial score (nSPS) is 36.0. The molecule has 3 atom stereocenters. The zero-order chi connectivity index (χ0) is 12.1. The predicted molar refractivity (Wildman–Crippen MR) is 77.8 cm³/mol. The molecule has 17 heavy (non-hydrogen) atoms. The Hall–Kier alpha value is 0.270. The standard InChI is InChI=1S/C14H28N2S/c1-12-10-16(11-13(2)17-12)8-4-6-14-5-3-7-15-9-14/h12-15H,3-11H2,1-2H3. The third kappa shape index (κ3) is 4.80. The van der Waals surface area contributed by atoms with E-state index in [1.807, 2.05) is 0 Å². The van der Waals surface area contributed by atoms with E-state index in [2.05, 4.69) is 35.8 Å². The highest BCUT2D eigenvalue weighted by molar-refractivity contribution is 8.00. The number of nitrogens with one attached hydrogen (secondary N) is 1. The van der Waals surface area contributed by atoms with Crippen molar-refractivity contribution in [3.05, 3.63) is 0 Å². The molecule has 2 heterocycles.